The molecule has 0 saturated heterocycles. The molecule has 0 radical (unpaired) electrons. The number of amides is 1. The number of esters is 1. The number of aromatic nitrogens is 1. The lowest BCUT2D eigenvalue weighted by Gasteiger charge is -2.26. The molecule has 21 heavy (non-hydrogen) atoms. The van der Waals surface area contributed by atoms with E-state index in [0.29, 0.717) is 10.0 Å². The first kappa shape index (κ1) is 17.6. The van der Waals surface area contributed by atoms with Crippen molar-refractivity contribution in [2.45, 2.75) is 20.0 Å². The molecule has 116 valence electrons. The summed E-state index contributed by atoms with van der Waals surface area (Å²) in [5.41, 5.74) is 0.391. The fraction of sp³-hybridized carbons (Fsp3) is 0.500. The number of carbonyl (C=O) groups excluding carboxylic acids is 2. The maximum Gasteiger partial charge on any atom is 0.310 e. The van der Waals surface area contributed by atoms with Crippen LogP contribution in [0.4, 0.5) is 0 Å². The Morgan fingerprint density at radius 3 is 2.57 bits per heavy atom. The molecule has 1 amide bonds. The van der Waals surface area contributed by atoms with E-state index in [0.717, 1.165) is 0 Å². The van der Waals surface area contributed by atoms with Gasteiger partial charge in [-0.2, -0.15) is 0 Å². The molecule has 0 fully saturated rings. The van der Waals surface area contributed by atoms with E-state index in [1.165, 1.54) is 18.2 Å². The fourth-order valence-corrected chi connectivity index (χ4v) is 2.24. The van der Waals surface area contributed by atoms with E-state index in [9.17, 15) is 14.7 Å². The van der Waals surface area contributed by atoms with Gasteiger partial charge in [-0.1, -0.05) is 6.92 Å². The van der Waals surface area contributed by atoms with Gasteiger partial charge in [-0.05, 0) is 28.9 Å². The number of carbonyl (C=O) groups is 2. The van der Waals surface area contributed by atoms with Crippen LogP contribution in [0.5, 0.6) is 0 Å². The third-order valence-corrected chi connectivity index (χ3v) is 3.26. The van der Waals surface area contributed by atoms with Crippen molar-refractivity contribution in [3.63, 3.8) is 0 Å². The largest absolute Gasteiger partial charge is 0.469 e. The Bertz CT molecular complexity index is 508. The summed E-state index contributed by atoms with van der Waals surface area (Å²) in [6.07, 6.45) is 2.33. The van der Waals surface area contributed by atoms with Gasteiger partial charge in [0.1, 0.15) is 0 Å². The number of methoxy groups -OCH3 is 1. The van der Waals surface area contributed by atoms with Crippen LogP contribution in [-0.2, 0) is 9.53 Å². The molecule has 0 aliphatic carbocycles. The minimum Gasteiger partial charge on any atom is -0.469 e. The lowest BCUT2D eigenvalue weighted by atomic mass is 10.1. The van der Waals surface area contributed by atoms with Gasteiger partial charge in [-0.3, -0.25) is 14.6 Å². The Kier molecular flexibility index (Phi) is 6.77. The SMILES string of the molecule is COC(=O)C(C)CN(CC(C)O)C(=O)c1cncc(Br)c1. The molecule has 6 nitrogen and oxygen atoms in total. The number of nitrogens with zero attached hydrogens (tertiary/aromatic N) is 2. The first-order valence-electron chi connectivity index (χ1n) is 6.50. The Balaban J connectivity index is 2.91. The van der Waals surface area contributed by atoms with Gasteiger partial charge in [0.2, 0.25) is 0 Å². The second-order valence-electron chi connectivity index (χ2n) is 4.88. The van der Waals surface area contributed by atoms with E-state index in [-0.39, 0.29) is 19.0 Å². The summed E-state index contributed by atoms with van der Waals surface area (Å²) in [6, 6.07) is 1.65. The fourth-order valence-electron chi connectivity index (χ4n) is 1.88. The maximum atomic E-state index is 12.5. The monoisotopic (exact) mass is 358 g/mol. The van der Waals surface area contributed by atoms with Crippen molar-refractivity contribution in [1.82, 2.24) is 9.88 Å². The molecule has 0 spiro atoms. The third-order valence-electron chi connectivity index (χ3n) is 2.82. The number of hydrogen-bond donors (Lipinski definition) is 1. The van der Waals surface area contributed by atoms with Crippen molar-refractivity contribution < 1.29 is 19.4 Å². The number of halogens is 1. The first-order valence-corrected chi connectivity index (χ1v) is 7.30. The standard InChI is InChI=1S/C14H19BrN2O4/c1-9(14(20)21-3)7-17(8-10(2)18)13(19)11-4-12(15)6-16-5-11/h4-6,9-10,18H,7-8H2,1-3H3. The highest BCUT2D eigenvalue weighted by atomic mass is 79.9. The van der Waals surface area contributed by atoms with Crippen LogP contribution in [0.1, 0.15) is 24.2 Å². The number of pyridine rings is 1. The van der Waals surface area contributed by atoms with E-state index >= 15 is 0 Å². The normalized spacial score (nSPS) is 13.4. The highest BCUT2D eigenvalue weighted by Gasteiger charge is 2.23. The molecule has 0 saturated carbocycles. The van der Waals surface area contributed by atoms with Crippen LogP contribution < -0.4 is 0 Å². The zero-order chi connectivity index (χ0) is 16.0. The Hall–Kier alpha value is -1.47. The van der Waals surface area contributed by atoms with Crippen molar-refractivity contribution in [1.29, 1.82) is 0 Å². The molecule has 2 unspecified atom stereocenters. The van der Waals surface area contributed by atoms with Crippen molar-refractivity contribution in [3.8, 4) is 0 Å². The van der Waals surface area contributed by atoms with E-state index in [1.54, 1.807) is 26.1 Å². The first-order chi connectivity index (χ1) is 9.85. The summed E-state index contributed by atoms with van der Waals surface area (Å²) in [6.45, 7) is 3.56. The molecule has 7 heteroatoms. The maximum absolute atomic E-state index is 12.5. The van der Waals surface area contributed by atoms with Gasteiger partial charge in [-0.25, -0.2) is 0 Å². The van der Waals surface area contributed by atoms with Crippen molar-refractivity contribution in [2.75, 3.05) is 20.2 Å². The van der Waals surface area contributed by atoms with E-state index in [2.05, 4.69) is 25.7 Å². The number of rotatable bonds is 6. The van der Waals surface area contributed by atoms with E-state index in [4.69, 9.17) is 0 Å². The van der Waals surface area contributed by atoms with Crippen LogP contribution in [-0.4, -0.2) is 53.2 Å². The van der Waals surface area contributed by atoms with Crippen molar-refractivity contribution in [3.05, 3.63) is 28.5 Å². The van der Waals surface area contributed by atoms with Crippen molar-refractivity contribution in [2.24, 2.45) is 5.92 Å². The molecule has 0 aliphatic rings. The molecule has 1 aromatic rings. The topological polar surface area (TPSA) is 79.7 Å². The summed E-state index contributed by atoms with van der Waals surface area (Å²) in [5, 5.41) is 9.55. The Morgan fingerprint density at radius 1 is 1.38 bits per heavy atom. The molecule has 1 aromatic heterocycles. The minimum atomic E-state index is -0.695. The number of ether oxygens (including phenoxy) is 1. The van der Waals surface area contributed by atoms with Crippen LogP contribution >= 0.6 is 15.9 Å². The second-order valence-corrected chi connectivity index (χ2v) is 5.79. The molecule has 0 bridgehead atoms. The highest BCUT2D eigenvalue weighted by molar-refractivity contribution is 9.10. The summed E-state index contributed by atoms with van der Waals surface area (Å²) in [5.74, 6) is -1.16. The predicted molar refractivity (Wildman–Crippen MR) is 80.7 cm³/mol. The van der Waals surface area contributed by atoms with Crippen LogP contribution in [0.3, 0.4) is 0 Å². The molecule has 1 heterocycles. The number of hydrogen-bond acceptors (Lipinski definition) is 5. The van der Waals surface area contributed by atoms with Gasteiger partial charge < -0.3 is 14.7 Å². The molecular formula is C14H19BrN2O4. The molecule has 2 atom stereocenters. The summed E-state index contributed by atoms with van der Waals surface area (Å²) >= 11 is 3.26. The molecular weight excluding hydrogens is 340 g/mol. The summed E-state index contributed by atoms with van der Waals surface area (Å²) < 4.78 is 5.35. The second kappa shape index (κ2) is 8.09. The van der Waals surface area contributed by atoms with E-state index in [1.807, 2.05) is 0 Å². The average Bonchev–Trinajstić information content (AvgIpc) is 2.44. The molecule has 1 N–H and O–H groups in total. The smallest absolute Gasteiger partial charge is 0.310 e. The van der Waals surface area contributed by atoms with Gasteiger partial charge >= 0.3 is 5.97 Å². The van der Waals surface area contributed by atoms with Crippen LogP contribution in [0.15, 0.2) is 22.9 Å². The van der Waals surface area contributed by atoms with Gasteiger partial charge in [0.05, 0.1) is 24.7 Å². The molecule has 0 aliphatic heterocycles. The molecule has 1 rings (SSSR count). The van der Waals surface area contributed by atoms with Gasteiger partial charge in [-0.15, -0.1) is 0 Å². The van der Waals surface area contributed by atoms with Crippen LogP contribution in [0.2, 0.25) is 0 Å². The highest BCUT2D eigenvalue weighted by Crippen LogP contribution is 2.13. The average molecular weight is 359 g/mol. The van der Waals surface area contributed by atoms with Crippen LogP contribution in [0, 0.1) is 5.92 Å². The lowest BCUT2D eigenvalue weighted by molar-refractivity contribution is -0.145. The molecule has 0 aromatic carbocycles. The Morgan fingerprint density at radius 2 is 2.05 bits per heavy atom. The quantitative estimate of drug-likeness (QED) is 0.779. The van der Waals surface area contributed by atoms with Crippen molar-refractivity contribution >= 4 is 27.8 Å². The summed E-state index contributed by atoms with van der Waals surface area (Å²) in [4.78, 5) is 29.4. The third kappa shape index (κ3) is 5.43. The van der Waals surface area contributed by atoms with Gasteiger partial charge in [0, 0.05) is 30.0 Å². The minimum absolute atomic E-state index is 0.132. The summed E-state index contributed by atoms with van der Waals surface area (Å²) in [7, 11) is 1.30. The zero-order valence-electron chi connectivity index (χ0n) is 12.2. The predicted octanol–water partition coefficient (Wildman–Crippen LogP) is 1.48. The van der Waals surface area contributed by atoms with Gasteiger partial charge in [0.15, 0.2) is 0 Å². The lowest BCUT2D eigenvalue weighted by Crippen LogP contribution is -2.41. The van der Waals surface area contributed by atoms with Crippen LogP contribution in [0.25, 0.3) is 0 Å². The Labute approximate surface area is 132 Å². The number of aliphatic hydroxyl groups is 1. The zero-order valence-corrected chi connectivity index (χ0v) is 13.8. The van der Waals surface area contributed by atoms with Gasteiger partial charge in [0.25, 0.3) is 5.91 Å². The van der Waals surface area contributed by atoms with E-state index < -0.39 is 18.0 Å². The number of aliphatic hydroxyl groups excluding tert-OH is 1.